The first kappa shape index (κ1) is 13.1. The summed E-state index contributed by atoms with van der Waals surface area (Å²) in [6.45, 7) is 5.01. The van der Waals surface area contributed by atoms with Crippen molar-refractivity contribution in [3.8, 4) is 5.75 Å². The minimum absolute atomic E-state index is 0.291. The van der Waals surface area contributed by atoms with Crippen LogP contribution in [0.5, 0.6) is 5.75 Å². The highest BCUT2D eigenvalue weighted by atomic mass is 19.1. The van der Waals surface area contributed by atoms with Crippen molar-refractivity contribution in [3.63, 3.8) is 0 Å². The minimum atomic E-state index is -0.291. The molecular formula is C14H21FN2O. The number of benzene rings is 1. The van der Waals surface area contributed by atoms with Gasteiger partial charge < -0.3 is 15.0 Å². The third kappa shape index (κ3) is 2.93. The molecule has 0 spiro atoms. The molecule has 1 unspecified atom stereocenters. The Morgan fingerprint density at radius 1 is 1.50 bits per heavy atom. The van der Waals surface area contributed by atoms with Crippen LogP contribution in [0.4, 0.5) is 10.1 Å². The van der Waals surface area contributed by atoms with Gasteiger partial charge in [-0.1, -0.05) is 13.3 Å². The molecule has 0 aromatic heterocycles. The van der Waals surface area contributed by atoms with Crippen molar-refractivity contribution in [2.24, 2.45) is 0 Å². The molecule has 1 aromatic carbocycles. The van der Waals surface area contributed by atoms with Gasteiger partial charge >= 0.3 is 0 Å². The van der Waals surface area contributed by atoms with Crippen LogP contribution < -0.4 is 15.0 Å². The maximum Gasteiger partial charge on any atom is 0.167 e. The zero-order chi connectivity index (χ0) is 13.0. The summed E-state index contributed by atoms with van der Waals surface area (Å²) in [5.41, 5.74) is 0.941. The van der Waals surface area contributed by atoms with Crippen molar-refractivity contribution in [3.05, 3.63) is 24.0 Å². The third-order valence-corrected chi connectivity index (χ3v) is 3.39. The quantitative estimate of drug-likeness (QED) is 0.890. The molecule has 1 aromatic rings. The van der Waals surface area contributed by atoms with E-state index in [4.69, 9.17) is 4.74 Å². The summed E-state index contributed by atoms with van der Waals surface area (Å²) in [4.78, 5) is 2.24. The van der Waals surface area contributed by atoms with E-state index in [-0.39, 0.29) is 5.82 Å². The molecule has 0 radical (unpaired) electrons. The topological polar surface area (TPSA) is 24.5 Å². The predicted octanol–water partition coefficient (Wildman–Crippen LogP) is 2.41. The molecule has 1 atom stereocenters. The molecule has 1 heterocycles. The molecule has 0 amide bonds. The molecule has 2 rings (SSSR count). The van der Waals surface area contributed by atoms with E-state index < -0.39 is 0 Å². The molecule has 1 N–H and O–H groups in total. The van der Waals surface area contributed by atoms with Crippen molar-refractivity contribution in [1.82, 2.24) is 5.32 Å². The number of anilines is 1. The number of methoxy groups -OCH3 is 1. The number of halogens is 1. The number of piperazine rings is 1. The molecule has 0 bridgehead atoms. The van der Waals surface area contributed by atoms with Crippen molar-refractivity contribution in [1.29, 1.82) is 0 Å². The highest BCUT2D eigenvalue weighted by molar-refractivity contribution is 5.50. The minimum Gasteiger partial charge on any atom is -0.494 e. The zero-order valence-electron chi connectivity index (χ0n) is 11.1. The monoisotopic (exact) mass is 252 g/mol. The molecule has 18 heavy (non-hydrogen) atoms. The van der Waals surface area contributed by atoms with Gasteiger partial charge in [-0.3, -0.25) is 0 Å². The SMILES string of the molecule is CCCC1CN(c2ccc(OC)c(F)c2)CCN1. The van der Waals surface area contributed by atoms with Gasteiger partial charge in [-0.25, -0.2) is 4.39 Å². The number of hydrogen-bond donors (Lipinski definition) is 1. The van der Waals surface area contributed by atoms with E-state index in [0.717, 1.165) is 31.7 Å². The van der Waals surface area contributed by atoms with Crippen LogP contribution in [0.1, 0.15) is 19.8 Å². The Balaban J connectivity index is 2.08. The summed E-state index contributed by atoms with van der Waals surface area (Å²) in [6, 6.07) is 5.69. The molecule has 1 aliphatic rings. The first-order valence-electron chi connectivity index (χ1n) is 6.56. The van der Waals surface area contributed by atoms with E-state index in [9.17, 15) is 4.39 Å². The maximum atomic E-state index is 13.7. The highest BCUT2D eigenvalue weighted by Crippen LogP contribution is 2.24. The second-order valence-corrected chi connectivity index (χ2v) is 4.70. The Kier molecular flexibility index (Phi) is 4.42. The predicted molar refractivity (Wildman–Crippen MR) is 71.9 cm³/mol. The average Bonchev–Trinajstić information content (AvgIpc) is 2.39. The summed E-state index contributed by atoms with van der Waals surface area (Å²) >= 11 is 0. The first-order valence-corrected chi connectivity index (χ1v) is 6.56. The van der Waals surface area contributed by atoms with Crippen LogP contribution in [0.2, 0.25) is 0 Å². The molecule has 1 aliphatic heterocycles. The lowest BCUT2D eigenvalue weighted by molar-refractivity contribution is 0.386. The largest absolute Gasteiger partial charge is 0.494 e. The number of ether oxygens (including phenoxy) is 1. The number of nitrogens with one attached hydrogen (secondary N) is 1. The van der Waals surface area contributed by atoms with E-state index in [1.54, 1.807) is 12.1 Å². The fourth-order valence-corrected chi connectivity index (χ4v) is 2.45. The van der Waals surface area contributed by atoms with Gasteiger partial charge in [0.25, 0.3) is 0 Å². The molecule has 1 saturated heterocycles. The van der Waals surface area contributed by atoms with Crippen LogP contribution in [-0.2, 0) is 0 Å². The van der Waals surface area contributed by atoms with Crippen LogP contribution in [0.25, 0.3) is 0 Å². The van der Waals surface area contributed by atoms with Gasteiger partial charge in [0.05, 0.1) is 7.11 Å². The lowest BCUT2D eigenvalue weighted by atomic mass is 10.1. The number of nitrogens with zero attached hydrogens (tertiary/aromatic N) is 1. The van der Waals surface area contributed by atoms with Crippen molar-refractivity contribution in [2.45, 2.75) is 25.8 Å². The molecule has 3 nitrogen and oxygen atoms in total. The van der Waals surface area contributed by atoms with Crippen molar-refractivity contribution in [2.75, 3.05) is 31.6 Å². The molecule has 1 fully saturated rings. The van der Waals surface area contributed by atoms with Crippen LogP contribution >= 0.6 is 0 Å². The highest BCUT2D eigenvalue weighted by Gasteiger charge is 2.19. The van der Waals surface area contributed by atoms with Crippen LogP contribution in [-0.4, -0.2) is 32.8 Å². The van der Waals surface area contributed by atoms with Crippen LogP contribution in [0.3, 0.4) is 0 Å². The van der Waals surface area contributed by atoms with E-state index in [2.05, 4.69) is 17.1 Å². The Hall–Kier alpha value is -1.29. The Bertz CT molecular complexity index is 395. The van der Waals surface area contributed by atoms with Crippen LogP contribution in [0, 0.1) is 5.82 Å². The fraction of sp³-hybridized carbons (Fsp3) is 0.571. The number of hydrogen-bond acceptors (Lipinski definition) is 3. The second kappa shape index (κ2) is 6.05. The molecule has 4 heteroatoms. The lowest BCUT2D eigenvalue weighted by Gasteiger charge is -2.35. The summed E-state index contributed by atoms with van der Waals surface area (Å²) in [7, 11) is 1.49. The molecular weight excluding hydrogens is 231 g/mol. The summed E-state index contributed by atoms with van der Waals surface area (Å²) < 4.78 is 18.6. The van der Waals surface area contributed by atoms with Gasteiger partial charge in [0.15, 0.2) is 11.6 Å². The Labute approximate surface area is 108 Å². The van der Waals surface area contributed by atoms with Gasteiger partial charge in [-0.2, -0.15) is 0 Å². The summed E-state index contributed by atoms with van der Waals surface area (Å²) in [5, 5.41) is 3.50. The Morgan fingerprint density at radius 3 is 3.00 bits per heavy atom. The van der Waals surface area contributed by atoms with Crippen molar-refractivity contribution < 1.29 is 9.13 Å². The standard InChI is InChI=1S/C14H21FN2O/c1-3-4-11-10-17(8-7-16-11)12-5-6-14(18-2)13(15)9-12/h5-6,9,11,16H,3-4,7-8,10H2,1-2H3. The Morgan fingerprint density at radius 2 is 2.33 bits per heavy atom. The van der Waals surface area contributed by atoms with E-state index in [1.807, 2.05) is 6.07 Å². The summed E-state index contributed by atoms with van der Waals surface area (Å²) in [5.74, 6) is 0.0135. The van der Waals surface area contributed by atoms with E-state index in [0.29, 0.717) is 11.8 Å². The summed E-state index contributed by atoms with van der Waals surface area (Å²) in [6.07, 6.45) is 2.33. The first-order chi connectivity index (χ1) is 8.74. The van der Waals surface area contributed by atoms with E-state index >= 15 is 0 Å². The van der Waals surface area contributed by atoms with Gasteiger partial charge in [0.2, 0.25) is 0 Å². The van der Waals surface area contributed by atoms with Crippen LogP contribution in [0.15, 0.2) is 18.2 Å². The van der Waals surface area contributed by atoms with Gasteiger partial charge in [-0.15, -0.1) is 0 Å². The normalized spacial score (nSPS) is 19.9. The number of rotatable bonds is 4. The lowest BCUT2D eigenvalue weighted by Crippen LogP contribution is -2.50. The molecule has 0 saturated carbocycles. The van der Waals surface area contributed by atoms with E-state index in [1.165, 1.54) is 13.5 Å². The smallest absolute Gasteiger partial charge is 0.167 e. The van der Waals surface area contributed by atoms with Gasteiger partial charge in [0, 0.05) is 37.4 Å². The fourth-order valence-electron chi connectivity index (χ4n) is 2.45. The molecule has 0 aliphatic carbocycles. The van der Waals surface area contributed by atoms with Gasteiger partial charge in [0.1, 0.15) is 0 Å². The van der Waals surface area contributed by atoms with Crippen molar-refractivity contribution >= 4 is 5.69 Å². The maximum absolute atomic E-state index is 13.7. The molecule has 100 valence electrons. The second-order valence-electron chi connectivity index (χ2n) is 4.70. The van der Waals surface area contributed by atoms with Gasteiger partial charge in [-0.05, 0) is 18.6 Å². The third-order valence-electron chi connectivity index (χ3n) is 3.39. The average molecular weight is 252 g/mol. The zero-order valence-corrected chi connectivity index (χ0v) is 11.1.